The van der Waals surface area contributed by atoms with E-state index in [4.69, 9.17) is 5.26 Å². The number of carbonyl (C=O) groups is 1. The number of rotatable bonds is 19. The summed E-state index contributed by atoms with van der Waals surface area (Å²) in [6, 6.07) is 8.25. The molecule has 0 spiro atoms. The molecule has 0 fully saturated rings. The monoisotopic (exact) mass is 444 g/mol. The van der Waals surface area contributed by atoms with Crippen molar-refractivity contribution in [2.24, 2.45) is 0 Å². The summed E-state index contributed by atoms with van der Waals surface area (Å²) in [5.74, 6) is -0.238. The summed E-state index contributed by atoms with van der Waals surface area (Å²) in [4.78, 5) is 12.2. The fraction of sp³-hybridized carbons (Fsp3) is 0.704. The number of nitriles is 1. The second-order valence-corrected chi connectivity index (χ2v) is 8.94. The van der Waals surface area contributed by atoms with Crippen LogP contribution in [0, 0.1) is 11.3 Å². The molecule has 0 saturated carbocycles. The molecule has 0 radical (unpaired) electrons. The van der Waals surface area contributed by atoms with Gasteiger partial charge in [-0.25, -0.2) is 0 Å². The maximum Gasteiger partial charge on any atom is 0.224 e. The first-order valence-corrected chi connectivity index (χ1v) is 12.7. The van der Waals surface area contributed by atoms with Gasteiger partial charge in [0.05, 0.1) is 36.8 Å². The van der Waals surface area contributed by atoms with Crippen molar-refractivity contribution in [2.75, 3.05) is 6.61 Å². The average Bonchev–Trinajstić information content (AvgIpc) is 2.80. The molecule has 0 aliphatic carbocycles. The fourth-order valence-electron chi connectivity index (χ4n) is 3.98. The van der Waals surface area contributed by atoms with Gasteiger partial charge in [0.1, 0.15) is 0 Å². The Morgan fingerprint density at radius 1 is 0.906 bits per heavy atom. The van der Waals surface area contributed by atoms with Gasteiger partial charge in [-0.05, 0) is 24.1 Å². The van der Waals surface area contributed by atoms with E-state index < -0.39 is 12.1 Å². The molecule has 2 atom stereocenters. The van der Waals surface area contributed by atoms with Crippen LogP contribution in [0.15, 0.2) is 24.3 Å². The fourth-order valence-corrected chi connectivity index (χ4v) is 3.98. The van der Waals surface area contributed by atoms with Crippen molar-refractivity contribution in [2.45, 2.75) is 115 Å². The van der Waals surface area contributed by atoms with Gasteiger partial charge in [0.15, 0.2) is 0 Å². The van der Waals surface area contributed by atoms with Crippen molar-refractivity contribution in [3.05, 3.63) is 35.4 Å². The molecule has 2 unspecified atom stereocenters. The van der Waals surface area contributed by atoms with Crippen LogP contribution in [-0.2, 0) is 11.2 Å². The molecule has 1 rings (SSSR count). The SMILES string of the molecule is CCCCCCCCCCCCCCCC(O)C(CO)NC(=O)Cc1ccc(C#N)cc1. The number of nitrogens with one attached hydrogen (secondary N) is 1. The molecule has 1 amide bonds. The lowest BCUT2D eigenvalue weighted by molar-refractivity contribution is -0.122. The molecule has 180 valence electrons. The molecule has 5 heteroatoms. The first-order chi connectivity index (χ1) is 15.6. The minimum absolute atomic E-state index is 0.160. The number of benzene rings is 1. The summed E-state index contributed by atoms with van der Waals surface area (Å²) >= 11 is 0. The van der Waals surface area contributed by atoms with Gasteiger partial charge in [0, 0.05) is 0 Å². The maximum atomic E-state index is 12.2. The summed E-state index contributed by atoms with van der Waals surface area (Å²) in [6.45, 7) is 1.98. The molecular formula is C27H44N2O3. The van der Waals surface area contributed by atoms with E-state index in [0.717, 1.165) is 18.4 Å². The van der Waals surface area contributed by atoms with Gasteiger partial charge < -0.3 is 15.5 Å². The lowest BCUT2D eigenvalue weighted by Crippen LogP contribution is -2.46. The van der Waals surface area contributed by atoms with Crippen LogP contribution in [0.2, 0.25) is 0 Å². The van der Waals surface area contributed by atoms with Crippen LogP contribution in [0.5, 0.6) is 0 Å². The van der Waals surface area contributed by atoms with Gasteiger partial charge in [-0.3, -0.25) is 4.79 Å². The van der Waals surface area contributed by atoms with E-state index in [1.54, 1.807) is 24.3 Å². The van der Waals surface area contributed by atoms with Crippen LogP contribution in [0.3, 0.4) is 0 Å². The first kappa shape index (κ1) is 28.1. The highest BCUT2D eigenvalue weighted by atomic mass is 16.3. The number of hydrogen-bond acceptors (Lipinski definition) is 4. The number of carbonyl (C=O) groups excluding carboxylic acids is 1. The van der Waals surface area contributed by atoms with Gasteiger partial charge in [-0.2, -0.15) is 5.26 Å². The minimum atomic E-state index is -0.738. The van der Waals surface area contributed by atoms with E-state index in [0.29, 0.717) is 12.0 Å². The molecule has 1 aromatic rings. The number of amides is 1. The van der Waals surface area contributed by atoms with E-state index in [2.05, 4.69) is 12.2 Å². The average molecular weight is 445 g/mol. The van der Waals surface area contributed by atoms with Crippen LogP contribution < -0.4 is 5.32 Å². The van der Waals surface area contributed by atoms with E-state index in [-0.39, 0.29) is 18.9 Å². The molecule has 0 aliphatic rings. The molecule has 32 heavy (non-hydrogen) atoms. The van der Waals surface area contributed by atoms with Crippen molar-refractivity contribution in [1.29, 1.82) is 5.26 Å². The Bertz CT molecular complexity index is 639. The topological polar surface area (TPSA) is 93.3 Å². The minimum Gasteiger partial charge on any atom is -0.394 e. The molecule has 0 aliphatic heterocycles. The van der Waals surface area contributed by atoms with Crippen molar-refractivity contribution in [3.8, 4) is 6.07 Å². The normalized spacial score (nSPS) is 12.8. The second-order valence-electron chi connectivity index (χ2n) is 8.94. The molecule has 1 aromatic carbocycles. The molecule has 0 heterocycles. The standard InChI is InChI=1S/C27H44N2O3/c1-2-3-4-5-6-7-8-9-10-11-12-13-14-15-26(31)25(22-30)29-27(32)20-23-16-18-24(21-28)19-17-23/h16-19,25-26,30-31H,2-15,20,22H2,1H3,(H,29,32). The van der Waals surface area contributed by atoms with Crippen LogP contribution in [0.4, 0.5) is 0 Å². The van der Waals surface area contributed by atoms with Crippen molar-refractivity contribution < 1.29 is 15.0 Å². The third-order valence-electron chi connectivity index (χ3n) is 6.06. The first-order valence-electron chi connectivity index (χ1n) is 12.7. The largest absolute Gasteiger partial charge is 0.394 e. The predicted molar refractivity (Wildman–Crippen MR) is 130 cm³/mol. The Morgan fingerprint density at radius 2 is 1.41 bits per heavy atom. The zero-order valence-corrected chi connectivity index (χ0v) is 20.0. The lowest BCUT2D eigenvalue weighted by atomic mass is 10.0. The van der Waals surface area contributed by atoms with Crippen LogP contribution >= 0.6 is 0 Å². The van der Waals surface area contributed by atoms with Crippen LogP contribution in [0.25, 0.3) is 0 Å². The Labute approximate surface area is 195 Å². The van der Waals surface area contributed by atoms with Gasteiger partial charge in [0.2, 0.25) is 5.91 Å². The Hall–Kier alpha value is -1.90. The number of aliphatic hydroxyl groups excluding tert-OH is 2. The van der Waals surface area contributed by atoms with E-state index in [9.17, 15) is 15.0 Å². The highest BCUT2D eigenvalue weighted by molar-refractivity contribution is 5.79. The molecule has 5 nitrogen and oxygen atoms in total. The highest BCUT2D eigenvalue weighted by Crippen LogP contribution is 2.14. The number of unbranched alkanes of at least 4 members (excludes halogenated alkanes) is 12. The number of aliphatic hydroxyl groups is 2. The second kappa shape index (κ2) is 18.7. The molecule has 0 aromatic heterocycles. The predicted octanol–water partition coefficient (Wildman–Crippen LogP) is 5.42. The van der Waals surface area contributed by atoms with E-state index >= 15 is 0 Å². The van der Waals surface area contributed by atoms with Crippen molar-refractivity contribution in [3.63, 3.8) is 0 Å². The Kier molecular flexibility index (Phi) is 16.4. The zero-order valence-electron chi connectivity index (χ0n) is 20.0. The molecule has 0 bridgehead atoms. The summed E-state index contributed by atoms with van der Waals surface area (Å²) in [6.07, 6.45) is 16.6. The summed E-state index contributed by atoms with van der Waals surface area (Å²) in [5, 5.41) is 31.5. The van der Waals surface area contributed by atoms with Crippen LogP contribution in [0.1, 0.15) is 108 Å². The van der Waals surface area contributed by atoms with E-state index in [1.165, 1.54) is 70.6 Å². The Balaban J connectivity index is 2.08. The smallest absolute Gasteiger partial charge is 0.224 e. The van der Waals surface area contributed by atoms with Gasteiger partial charge in [-0.1, -0.05) is 103 Å². The number of nitrogens with zero attached hydrogens (tertiary/aromatic N) is 1. The zero-order chi connectivity index (χ0) is 23.4. The third-order valence-corrected chi connectivity index (χ3v) is 6.06. The lowest BCUT2D eigenvalue weighted by Gasteiger charge is -2.22. The molecule has 3 N–H and O–H groups in total. The summed E-state index contributed by atoms with van der Waals surface area (Å²) in [7, 11) is 0. The van der Waals surface area contributed by atoms with Gasteiger partial charge >= 0.3 is 0 Å². The van der Waals surface area contributed by atoms with Gasteiger partial charge in [-0.15, -0.1) is 0 Å². The van der Waals surface area contributed by atoms with Crippen LogP contribution in [-0.4, -0.2) is 34.9 Å². The van der Waals surface area contributed by atoms with E-state index in [1.807, 2.05) is 6.07 Å². The summed E-state index contributed by atoms with van der Waals surface area (Å²) in [5.41, 5.74) is 1.35. The van der Waals surface area contributed by atoms with Crippen molar-refractivity contribution in [1.82, 2.24) is 5.32 Å². The van der Waals surface area contributed by atoms with Gasteiger partial charge in [0.25, 0.3) is 0 Å². The quantitative estimate of drug-likeness (QED) is 0.248. The Morgan fingerprint density at radius 3 is 1.88 bits per heavy atom. The highest BCUT2D eigenvalue weighted by Gasteiger charge is 2.20. The molecule has 0 saturated heterocycles. The maximum absolute atomic E-state index is 12.2. The third kappa shape index (κ3) is 13.5. The summed E-state index contributed by atoms with van der Waals surface area (Å²) < 4.78 is 0. The molecular weight excluding hydrogens is 400 g/mol. The number of hydrogen-bond donors (Lipinski definition) is 3. The van der Waals surface area contributed by atoms with Crippen molar-refractivity contribution >= 4 is 5.91 Å².